The number of halogens is 1. The van der Waals surface area contributed by atoms with Gasteiger partial charge in [0, 0.05) is 20.9 Å². The molecule has 3 N–H and O–H groups in total. The number of aromatic nitrogens is 5. The van der Waals surface area contributed by atoms with Crippen molar-refractivity contribution in [3.63, 3.8) is 0 Å². The van der Waals surface area contributed by atoms with Crippen molar-refractivity contribution in [2.24, 2.45) is 0 Å². The van der Waals surface area contributed by atoms with Crippen molar-refractivity contribution in [2.75, 3.05) is 11.1 Å². The highest BCUT2D eigenvalue weighted by molar-refractivity contribution is 9.10. The fourth-order valence-electron chi connectivity index (χ4n) is 3.84. The number of thioether (sulfide) groups is 1. The van der Waals surface area contributed by atoms with Gasteiger partial charge in [0.05, 0.1) is 28.7 Å². The third-order valence-corrected chi connectivity index (χ3v) is 6.84. The Balaban J connectivity index is 1.68. The van der Waals surface area contributed by atoms with Gasteiger partial charge in [0.25, 0.3) is 6.17 Å². The molecule has 0 radical (unpaired) electrons. The molecule has 9 heteroatoms. The molecular weight excluding hydrogens is 488 g/mol. The normalized spacial score (nSPS) is 14.5. The average molecular weight is 510 g/mol. The van der Waals surface area contributed by atoms with Crippen LogP contribution in [0.25, 0.3) is 22.5 Å². The largest absolute Gasteiger partial charge is 0.325 e. The highest BCUT2D eigenvalue weighted by Crippen LogP contribution is 2.36. The maximum Gasteiger partial charge on any atom is 0.325 e. The number of anilines is 1. The second-order valence-corrected chi connectivity index (χ2v) is 9.56. The number of fused-ring (bicyclic) bond motifs is 3. The van der Waals surface area contributed by atoms with E-state index in [1.165, 1.54) is 0 Å². The Kier molecular flexibility index (Phi) is 5.84. The summed E-state index contributed by atoms with van der Waals surface area (Å²) in [4.78, 5) is 16.2. The molecule has 32 heavy (non-hydrogen) atoms. The van der Waals surface area contributed by atoms with Gasteiger partial charge in [-0.3, -0.25) is 14.9 Å². The van der Waals surface area contributed by atoms with Crippen LogP contribution in [0.4, 0.5) is 5.69 Å². The minimum atomic E-state index is -0.388. The van der Waals surface area contributed by atoms with Crippen molar-refractivity contribution in [3.8, 4) is 22.5 Å². The van der Waals surface area contributed by atoms with Crippen LogP contribution in [0.2, 0.25) is 0 Å². The van der Waals surface area contributed by atoms with E-state index in [9.17, 15) is 4.79 Å². The first-order valence-electron chi connectivity index (χ1n) is 10.5. The fraction of sp³-hybridized carbons (Fsp3) is 0.217. The van der Waals surface area contributed by atoms with E-state index in [-0.39, 0.29) is 11.7 Å². The minimum Gasteiger partial charge on any atom is -0.321 e. The molecule has 0 unspecified atom stereocenters. The van der Waals surface area contributed by atoms with Crippen molar-refractivity contribution in [1.82, 2.24) is 20.3 Å². The van der Waals surface area contributed by atoms with Crippen LogP contribution in [0, 0.1) is 0 Å². The quantitative estimate of drug-likeness (QED) is 0.198. The number of unbranched alkanes of at least 4 members (excludes halogenated alkanes) is 1. The number of hydrogen-bond donors (Lipinski definition) is 3. The van der Waals surface area contributed by atoms with Crippen LogP contribution in [-0.4, -0.2) is 26.0 Å². The van der Waals surface area contributed by atoms with Gasteiger partial charge < -0.3 is 5.32 Å². The maximum atomic E-state index is 13.3. The number of hydrogen-bond acceptors (Lipinski definition) is 5. The van der Waals surface area contributed by atoms with Crippen molar-refractivity contribution in [1.29, 1.82) is 0 Å². The maximum absolute atomic E-state index is 13.3. The van der Waals surface area contributed by atoms with Gasteiger partial charge in [-0.1, -0.05) is 71.4 Å². The molecule has 0 amide bonds. The third-order valence-electron chi connectivity index (χ3n) is 5.40. The number of H-pyrrole nitrogens is 2. The lowest BCUT2D eigenvalue weighted by Crippen LogP contribution is -2.55. The number of rotatable bonds is 6. The van der Waals surface area contributed by atoms with E-state index in [1.54, 1.807) is 22.6 Å². The van der Waals surface area contributed by atoms with E-state index in [1.807, 2.05) is 48.5 Å². The summed E-state index contributed by atoms with van der Waals surface area (Å²) < 4.78 is 2.69. The summed E-state index contributed by atoms with van der Waals surface area (Å²) in [5.74, 6) is 0.903. The standard InChI is InChI=1S/C23H21BrN6OS/c1-2-3-11-32-23-27-22(31)20-16-12-15(24)9-10-18(16)26-21(30(20)29-23)17-13-25-28-19(17)14-7-5-4-6-8-14/h4-10,12-13,21H,2-3,11H2,1H3,(H2,25,27,28,29,31)/p+1/t21-/m1/s1. The van der Waals surface area contributed by atoms with E-state index in [0.29, 0.717) is 10.9 Å². The topological polar surface area (TPSA) is 90.3 Å². The van der Waals surface area contributed by atoms with Crippen LogP contribution in [0.3, 0.4) is 0 Å². The molecule has 0 saturated carbocycles. The SMILES string of the molecule is CCCCSc1n[n+]2c(c(=O)[nH]1)-c1cc(Br)ccc1N[C@H]2c1cn[nH]c1-c1ccccc1. The molecule has 0 saturated heterocycles. The predicted molar refractivity (Wildman–Crippen MR) is 130 cm³/mol. The number of nitrogens with one attached hydrogen (secondary N) is 3. The summed E-state index contributed by atoms with van der Waals surface area (Å²) in [6.07, 6.45) is 3.57. The smallest absolute Gasteiger partial charge is 0.321 e. The lowest BCUT2D eigenvalue weighted by molar-refractivity contribution is -0.759. The molecule has 1 atom stereocenters. The molecule has 0 fully saturated rings. The Morgan fingerprint density at radius 2 is 2.03 bits per heavy atom. The van der Waals surface area contributed by atoms with Gasteiger partial charge in [0.2, 0.25) is 5.16 Å². The molecule has 1 aliphatic rings. The first-order valence-corrected chi connectivity index (χ1v) is 12.3. The third kappa shape index (κ3) is 3.86. The van der Waals surface area contributed by atoms with Crippen LogP contribution in [-0.2, 0) is 0 Å². The zero-order chi connectivity index (χ0) is 22.1. The second kappa shape index (κ2) is 8.91. The first kappa shape index (κ1) is 21.0. The van der Waals surface area contributed by atoms with E-state index in [2.05, 4.69) is 43.4 Å². The molecule has 2 aromatic heterocycles. The molecule has 5 rings (SSSR count). The summed E-state index contributed by atoms with van der Waals surface area (Å²) in [7, 11) is 0. The van der Waals surface area contributed by atoms with Gasteiger partial charge in [-0.15, -0.1) is 0 Å². The Labute approximate surface area is 197 Å². The molecule has 1 aliphatic heterocycles. The summed E-state index contributed by atoms with van der Waals surface area (Å²) in [6.45, 7) is 2.15. The molecule has 0 spiro atoms. The van der Waals surface area contributed by atoms with Crippen LogP contribution >= 0.6 is 27.7 Å². The molecule has 0 aliphatic carbocycles. The lowest BCUT2D eigenvalue weighted by atomic mass is 10.0. The predicted octanol–water partition coefficient (Wildman–Crippen LogP) is 4.74. The van der Waals surface area contributed by atoms with Gasteiger partial charge in [0.15, 0.2) is 0 Å². The molecule has 4 aromatic rings. The molecule has 0 bridgehead atoms. The summed E-state index contributed by atoms with van der Waals surface area (Å²) in [5, 5.41) is 16.5. The van der Waals surface area contributed by atoms with E-state index in [0.717, 1.165) is 51.1 Å². The van der Waals surface area contributed by atoms with Crippen LogP contribution in [0.5, 0.6) is 0 Å². The Bertz CT molecular complexity index is 1320. The summed E-state index contributed by atoms with van der Waals surface area (Å²) >= 11 is 5.10. The van der Waals surface area contributed by atoms with Gasteiger partial charge in [-0.25, -0.2) is 0 Å². The van der Waals surface area contributed by atoms with Crippen molar-refractivity contribution < 1.29 is 4.68 Å². The molecule has 2 aromatic carbocycles. The van der Waals surface area contributed by atoms with E-state index >= 15 is 0 Å². The molecular formula is C23H22BrN6OS+. The number of nitrogens with zero attached hydrogens (tertiary/aromatic N) is 3. The Morgan fingerprint density at radius 1 is 1.19 bits per heavy atom. The fourth-order valence-corrected chi connectivity index (χ4v) is 5.14. The van der Waals surface area contributed by atoms with Crippen LogP contribution in [0.1, 0.15) is 31.5 Å². The van der Waals surface area contributed by atoms with Gasteiger partial charge in [-0.05, 0) is 29.3 Å². The van der Waals surface area contributed by atoms with Crippen LogP contribution in [0.15, 0.2) is 69.2 Å². The van der Waals surface area contributed by atoms with E-state index < -0.39 is 0 Å². The highest BCUT2D eigenvalue weighted by Gasteiger charge is 2.39. The summed E-state index contributed by atoms with van der Waals surface area (Å²) in [5.41, 5.74) is 4.87. The minimum absolute atomic E-state index is 0.158. The summed E-state index contributed by atoms with van der Waals surface area (Å²) in [6, 6.07) is 15.9. The van der Waals surface area contributed by atoms with Gasteiger partial charge in [0.1, 0.15) is 0 Å². The zero-order valence-corrected chi connectivity index (χ0v) is 19.8. The number of benzene rings is 2. The molecule has 162 valence electrons. The van der Waals surface area contributed by atoms with Gasteiger partial charge >= 0.3 is 11.3 Å². The zero-order valence-electron chi connectivity index (χ0n) is 17.4. The lowest BCUT2D eigenvalue weighted by Gasteiger charge is -2.22. The second-order valence-electron chi connectivity index (χ2n) is 7.56. The van der Waals surface area contributed by atoms with Crippen LogP contribution < -0.4 is 15.6 Å². The van der Waals surface area contributed by atoms with Crippen molar-refractivity contribution in [2.45, 2.75) is 31.1 Å². The first-order chi connectivity index (χ1) is 15.7. The van der Waals surface area contributed by atoms with Crippen molar-refractivity contribution in [3.05, 3.63) is 75.1 Å². The highest BCUT2D eigenvalue weighted by atomic mass is 79.9. The Morgan fingerprint density at radius 3 is 2.84 bits per heavy atom. The molecule has 3 heterocycles. The molecule has 7 nitrogen and oxygen atoms in total. The van der Waals surface area contributed by atoms with Crippen molar-refractivity contribution >= 4 is 33.4 Å². The monoisotopic (exact) mass is 509 g/mol. The average Bonchev–Trinajstić information content (AvgIpc) is 3.29. The Hall–Kier alpha value is -2.91. The van der Waals surface area contributed by atoms with E-state index in [4.69, 9.17) is 5.10 Å². The van der Waals surface area contributed by atoms with Gasteiger partial charge in [-0.2, -0.15) is 5.10 Å². The number of aromatic amines is 2.